The van der Waals surface area contributed by atoms with Gasteiger partial charge in [0.25, 0.3) is 0 Å². The molecule has 0 aromatic heterocycles. The van der Waals surface area contributed by atoms with Crippen LogP contribution in [0, 0.1) is 0 Å². The van der Waals surface area contributed by atoms with E-state index < -0.39 is 18.9 Å². The highest BCUT2D eigenvalue weighted by Gasteiger charge is 2.02. The Labute approximate surface area is 115 Å². The van der Waals surface area contributed by atoms with E-state index in [0.29, 0.717) is 0 Å². The molecule has 0 aliphatic rings. The van der Waals surface area contributed by atoms with Gasteiger partial charge in [0, 0.05) is 14.0 Å². The van der Waals surface area contributed by atoms with Gasteiger partial charge in [-0.2, -0.15) is 4.89 Å². The van der Waals surface area contributed by atoms with E-state index in [-0.39, 0.29) is 32.4 Å². The van der Waals surface area contributed by atoms with E-state index >= 15 is 0 Å². The molecule has 0 radical (unpaired) electrons. The van der Waals surface area contributed by atoms with Crippen LogP contribution >= 0.6 is 0 Å². The number of carbonyl (C=O) groups excluding carboxylic acids is 3. The lowest BCUT2D eigenvalue weighted by Gasteiger charge is -2.07. The van der Waals surface area contributed by atoms with E-state index in [9.17, 15) is 14.4 Å². The Kier molecular flexibility index (Phi) is 11.0. The van der Waals surface area contributed by atoms with Crippen LogP contribution in [0.4, 0.5) is 4.79 Å². The molecule has 10 nitrogen and oxygen atoms in total. The van der Waals surface area contributed by atoms with Gasteiger partial charge in [-0.25, -0.2) is 14.5 Å². The highest BCUT2D eigenvalue weighted by molar-refractivity contribution is 5.73. The first-order valence-corrected chi connectivity index (χ1v) is 5.60. The molecule has 0 bridgehead atoms. The molecule has 2 N–H and O–H groups in total. The fourth-order valence-electron chi connectivity index (χ4n) is 0.802. The van der Waals surface area contributed by atoms with Crippen molar-refractivity contribution in [3.63, 3.8) is 0 Å². The zero-order valence-electron chi connectivity index (χ0n) is 11.3. The van der Waals surface area contributed by atoms with Gasteiger partial charge in [-0.3, -0.25) is 4.79 Å². The van der Waals surface area contributed by atoms with Crippen molar-refractivity contribution < 1.29 is 38.4 Å². The molecule has 2 amide bonds. The topological polar surface area (TPSA) is 121 Å². The molecule has 0 saturated heterocycles. The van der Waals surface area contributed by atoms with Crippen molar-refractivity contribution in [2.45, 2.75) is 6.92 Å². The first-order valence-electron chi connectivity index (χ1n) is 5.60. The van der Waals surface area contributed by atoms with Gasteiger partial charge in [0.1, 0.15) is 19.8 Å². The molecule has 0 aromatic rings. The van der Waals surface area contributed by atoms with Crippen LogP contribution in [-0.2, 0) is 33.6 Å². The van der Waals surface area contributed by atoms with E-state index in [1.165, 1.54) is 14.0 Å². The van der Waals surface area contributed by atoms with Crippen molar-refractivity contribution in [1.82, 2.24) is 10.6 Å². The van der Waals surface area contributed by atoms with Gasteiger partial charge in [-0.05, 0) is 0 Å². The van der Waals surface area contributed by atoms with Crippen LogP contribution in [0.25, 0.3) is 0 Å². The lowest BCUT2D eigenvalue weighted by atomic mass is 10.7. The molecule has 0 atom stereocenters. The number of alkyl carbamates (subject to hydrolysis) is 1. The summed E-state index contributed by atoms with van der Waals surface area (Å²) >= 11 is 0. The second-order valence-electron chi connectivity index (χ2n) is 3.23. The van der Waals surface area contributed by atoms with E-state index in [4.69, 9.17) is 0 Å². The summed E-state index contributed by atoms with van der Waals surface area (Å²) in [6.07, 6.45) is -0.714. The third kappa shape index (κ3) is 12.5. The number of hydrogen-bond donors (Lipinski definition) is 2. The number of amides is 2. The zero-order valence-corrected chi connectivity index (χ0v) is 11.3. The fourth-order valence-corrected chi connectivity index (χ4v) is 0.802. The second-order valence-corrected chi connectivity index (χ2v) is 3.23. The Hall–Kier alpha value is -1.91. The van der Waals surface area contributed by atoms with E-state index in [0.717, 1.165) is 0 Å². The van der Waals surface area contributed by atoms with Crippen molar-refractivity contribution in [1.29, 1.82) is 0 Å². The molecule has 0 rings (SSSR count). The summed E-state index contributed by atoms with van der Waals surface area (Å²) in [5.41, 5.74) is 0. The Balaban J connectivity index is 3.29. The minimum Gasteiger partial charge on any atom is -0.447 e. The van der Waals surface area contributed by atoms with E-state index in [2.05, 4.69) is 34.6 Å². The summed E-state index contributed by atoms with van der Waals surface area (Å²) in [6, 6.07) is 0. The van der Waals surface area contributed by atoms with Crippen LogP contribution in [0.3, 0.4) is 0 Å². The Bertz CT molecular complexity index is 310. The zero-order chi connectivity index (χ0) is 15.2. The largest absolute Gasteiger partial charge is 0.447 e. The molecule has 116 valence electrons. The maximum absolute atomic E-state index is 11.0. The molecular weight excluding hydrogens is 276 g/mol. The predicted octanol–water partition coefficient (Wildman–Crippen LogP) is -1.10. The van der Waals surface area contributed by atoms with Crippen molar-refractivity contribution in [2.75, 3.05) is 40.4 Å². The molecule has 0 spiro atoms. The van der Waals surface area contributed by atoms with E-state index in [1.807, 2.05) is 0 Å². The average Bonchev–Trinajstić information content (AvgIpc) is 2.37. The SMILES string of the molecule is COCC(=O)OCOOCCOC(=O)NCNC(C)=O. The fraction of sp³-hybridized carbons (Fsp3) is 0.700. The number of methoxy groups -OCH3 is 1. The monoisotopic (exact) mass is 294 g/mol. The Morgan fingerprint density at radius 3 is 2.40 bits per heavy atom. The molecular formula is C10H18N2O8. The third-order valence-corrected chi connectivity index (χ3v) is 1.58. The maximum Gasteiger partial charge on any atom is 0.408 e. The van der Waals surface area contributed by atoms with Crippen LogP contribution in [0.1, 0.15) is 6.92 Å². The minimum absolute atomic E-state index is 0.0268. The normalized spacial score (nSPS) is 9.70. The van der Waals surface area contributed by atoms with Crippen molar-refractivity contribution in [2.24, 2.45) is 0 Å². The number of rotatable bonds is 10. The summed E-state index contributed by atoms with van der Waals surface area (Å²) < 4.78 is 13.7. The lowest BCUT2D eigenvalue weighted by Crippen LogP contribution is -2.36. The molecule has 0 saturated carbocycles. The average molecular weight is 294 g/mol. The molecule has 10 heteroatoms. The molecule has 0 aliphatic heterocycles. The number of esters is 1. The first kappa shape index (κ1) is 18.1. The molecule has 20 heavy (non-hydrogen) atoms. The number of nitrogens with one attached hydrogen (secondary N) is 2. The summed E-state index contributed by atoms with van der Waals surface area (Å²) in [6.45, 7) is 0.601. The lowest BCUT2D eigenvalue weighted by molar-refractivity contribution is -0.332. The van der Waals surface area contributed by atoms with Gasteiger partial charge < -0.3 is 24.8 Å². The second kappa shape index (κ2) is 12.1. The van der Waals surface area contributed by atoms with Crippen LogP contribution in [0.15, 0.2) is 0 Å². The Morgan fingerprint density at radius 2 is 1.75 bits per heavy atom. The number of hydrogen-bond acceptors (Lipinski definition) is 8. The third-order valence-electron chi connectivity index (χ3n) is 1.58. The first-order chi connectivity index (χ1) is 9.56. The van der Waals surface area contributed by atoms with Gasteiger partial charge in [0.15, 0.2) is 0 Å². The van der Waals surface area contributed by atoms with Crippen LogP contribution in [0.2, 0.25) is 0 Å². The number of carbonyl (C=O) groups is 3. The summed E-state index contributed by atoms with van der Waals surface area (Å²) in [5, 5.41) is 4.62. The van der Waals surface area contributed by atoms with Crippen molar-refractivity contribution in [3.8, 4) is 0 Å². The highest BCUT2D eigenvalue weighted by Crippen LogP contribution is 1.85. The molecule has 0 aromatic carbocycles. The van der Waals surface area contributed by atoms with Crippen LogP contribution < -0.4 is 10.6 Å². The van der Waals surface area contributed by atoms with Crippen molar-refractivity contribution >= 4 is 18.0 Å². The van der Waals surface area contributed by atoms with Gasteiger partial charge in [-0.1, -0.05) is 0 Å². The van der Waals surface area contributed by atoms with E-state index in [1.54, 1.807) is 0 Å². The van der Waals surface area contributed by atoms with Gasteiger partial charge in [-0.15, -0.1) is 0 Å². The summed E-state index contributed by atoms with van der Waals surface area (Å²) in [7, 11) is 1.35. The summed E-state index contributed by atoms with van der Waals surface area (Å²) in [5.74, 6) is -0.866. The van der Waals surface area contributed by atoms with Crippen LogP contribution in [-0.4, -0.2) is 58.4 Å². The quantitative estimate of drug-likeness (QED) is 0.171. The van der Waals surface area contributed by atoms with Gasteiger partial charge >= 0.3 is 12.1 Å². The summed E-state index contributed by atoms with van der Waals surface area (Å²) in [4.78, 5) is 41.3. The van der Waals surface area contributed by atoms with Crippen molar-refractivity contribution in [3.05, 3.63) is 0 Å². The predicted molar refractivity (Wildman–Crippen MR) is 63.0 cm³/mol. The molecule has 0 aliphatic carbocycles. The molecule has 0 unspecified atom stereocenters. The molecule has 0 heterocycles. The minimum atomic E-state index is -0.714. The molecule has 0 fully saturated rings. The standard InChI is InChI=1S/C10H18N2O8/c1-8(13)11-6-12-10(15)17-3-4-19-20-7-18-9(14)5-16-2/h3-7H2,1-2H3,(H,11,13)(H,12,15). The van der Waals surface area contributed by atoms with Crippen LogP contribution in [0.5, 0.6) is 0 Å². The number of ether oxygens (including phenoxy) is 3. The maximum atomic E-state index is 11.0. The smallest absolute Gasteiger partial charge is 0.408 e. The van der Waals surface area contributed by atoms with Gasteiger partial charge in [0.05, 0.1) is 6.67 Å². The highest BCUT2D eigenvalue weighted by atomic mass is 17.2. The van der Waals surface area contributed by atoms with Gasteiger partial charge in [0.2, 0.25) is 12.7 Å². The Morgan fingerprint density at radius 1 is 1.00 bits per heavy atom.